The van der Waals surface area contributed by atoms with E-state index in [-0.39, 0.29) is 28.3 Å². The van der Waals surface area contributed by atoms with Crippen molar-refractivity contribution in [3.05, 3.63) is 52.5 Å². The lowest BCUT2D eigenvalue weighted by Gasteiger charge is -2.11. The van der Waals surface area contributed by atoms with Gasteiger partial charge in [0.2, 0.25) is 5.78 Å². The normalized spacial score (nSPS) is 13.2. The molecule has 2 aromatic rings. The fourth-order valence-corrected chi connectivity index (χ4v) is 1.95. The topological polar surface area (TPSA) is 77.2 Å². The van der Waals surface area contributed by atoms with Gasteiger partial charge in [-0.25, -0.2) is 9.37 Å². The van der Waals surface area contributed by atoms with Crippen LogP contribution in [0.3, 0.4) is 0 Å². The minimum absolute atomic E-state index is 0.0323. The highest BCUT2D eigenvalue weighted by atomic mass is 19.1. The zero-order valence-electron chi connectivity index (χ0n) is 9.69. The molecule has 1 aliphatic carbocycles. The monoisotopic (exact) mass is 259 g/mol. The fourth-order valence-electron chi connectivity index (χ4n) is 1.95. The molecule has 2 aromatic heterocycles. The highest BCUT2D eigenvalue weighted by Crippen LogP contribution is 2.29. The van der Waals surface area contributed by atoms with Crippen LogP contribution >= 0.6 is 0 Å². The standard InChI is InChI=1S/C13H6FNO4/c1-5(16)9-3-8-11(17)7-2-6(14)4-15-10(7)12(18)13(8)19-9/h2-4H,1H3. The van der Waals surface area contributed by atoms with Crippen molar-refractivity contribution in [2.45, 2.75) is 6.92 Å². The van der Waals surface area contributed by atoms with Gasteiger partial charge >= 0.3 is 0 Å². The number of Topliss-reactive ketones (excluding diaryl/α,β-unsaturated/α-hetero) is 1. The third kappa shape index (κ3) is 1.53. The minimum Gasteiger partial charge on any atom is -0.449 e. The van der Waals surface area contributed by atoms with Gasteiger partial charge in [-0.1, -0.05) is 0 Å². The molecule has 0 amide bonds. The van der Waals surface area contributed by atoms with E-state index in [1.165, 1.54) is 13.0 Å². The van der Waals surface area contributed by atoms with Crippen molar-refractivity contribution < 1.29 is 23.2 Å². The van der Waals surface area contributed by atoms with Crippen LogP contribution in [0.4, 0.5) is 4.39 Å². The number of halogens is 1. The van der Waals surface area contributed by atoms with Crippen molar-refractivity contribution in [3.63, 3.8) is 0 Å². The van der Waals surface area contributed by atoms with E-state index in [1.807, 2.05) is 0 Å². The number of rotatable bonds is 1. The summed E-state index contributed by atoms with van der Waals surface area (Å²) in [6, 6.07) is 2.15. The number of ketones is 3. The van der Waals surface area contributed by atoms with Gasteiger partial charge in [-0.2, -0.15) is 0 Å². The average Bonchev–Trinajstić information content (AvgIpc) is 2.81. The Bertz CT molecular complexity index is 760. The smallest absolute Gasteiger partial charge is 0.248 e. The number of pyridine rings is 1. The molecular formula is C13H6FNO4. The molecule has 0 N–H and O–H groups in total. The van der Waals surface area contributed by atoms with Crippen molar-refractivity contribution in [1.82, 2.24) is 4.98 Å². The molecule has 0 atom stereocenters. The summed E-state index contributed by atoms with van der Waals surface area (Å²) < 4.78 is 18.2. The van der Waals surface area contributed by atoms with Gasteiger partial charge in [-0.3, -0.25) is 14.4 Å². The molecule has 5 nitrogen and oxygen atoms in total. The van der Waals surface area contributed by atoms with E-state index >= 15 is 0 Å². The van der Waals surface area contributed by atoms with Gasteiger partial charge in [0.1, 0.15) is 11.5 Å². The van der Waals surface area contributed by atoms with E-state index in [2.05, 4.69) is 4.98 Å². The Kier molecular flexibility index (Phi) is 2.22. The molecular weight excluding hydrogens is 253 g/mol. The second-order valence-corrected chi connectivity index (χ2v) is 4.12. The van der Waals surface area contributed by atoms with Gasteiger partial charge in [0, 0.05) is 6.92 Å². The summed E-state index contributed by atoms with van der Waals surface area (Å²) in [6.45, 7) is 1.25. The lowest BCUT2D eigenvalue weighted by Crippen LogP contribution is -2.20. The lowest BCUT2D eigenvalue weighted by atomic mass is 9.92. The Labute approximate surface area is 106 Å². The molecule has 0 aromatic carbocycles. The van der Waals surface area contributed by atoms with Crippen LogP contribution in [0.25, 0.3) is 0 Å². The van der Waals surface area contributed by atoms with Gasteiger partial charge in [0.15, 0.2) is 23.1 Å². The summed E-state index contributed by atoms with van der Waals surface area (Å²) in [5.41, 5.74) is -0.313. The van der Waals surface area contributed by atoms with Crippen molar-refractivity contribution in [2.75, 3.05) is 0 Å². The predicted molar refractivity (Wildman–Crippen MR) is 59.8 cm³/mol. The third-order valence-electron chi connectivity index (χ3n) is 2.84. The summed E-state index contributed by atoms with van der Waals surface area (Å²) >= 11 is 0. The quantitative estimate of drug-likeness (QED) is 0.622. The van der Waals surface area contributed by atoms with Gasteiger partial charge in [-0.05, 0) is 12.1 Å². The predicted octanol–water partition coefficient (Wildman–Crippen LogP) is 1.79. The summed E-state index contributed by atoms with van der Waals surface area (Å²) in [4.78, 5) is 39.0. The van der Waals surface area contributed by atoms with E-state index in [0.29, 0.717) is 0 Å². The zero-order valence-corrected chi connectivity index (χ0v) is 9.69. The number of fused-ring (bicyclic) bond motifs is 2. The molecule has 94 valence electrons. The zero-order chi connectivity index (χ0) is 13.7. The summed E-state index contributed by atoms with van der Waals surface area (Å²) in [7, 11) is 0. The molecule has 0 unspecified atom stereocenters. The Morgan fingerprint density at radius 3 is 2.63 bits per heavy atom. The van der Waals surface area contributed by atoms with Crippen molar-refractivity contribution in [1.29, 1.82) is 0 Å². The number of nitrogens with zero attached hydrogens (tertiary/aromatic N) is 1. The maximum absolute atomic E-state index is 13.1. The highest BCUT2D eigenvalue weighted by Gasteiger charge is 2.35. The lowest BCUT2D eigenvalue weighted by molar-refractivity contribution is 0.0943. The van der Waals surface area contributed by atoms with Crippen molar-refractivity contribution in [2.24, 2.45) is 0 Å². The van der Waals surface area contributed by atoms with Crippen LogP contribution in [0, 0.1) is 5.82 Å². The molecule has 0 radical (unpaired) electrons. The molecule has 3 rings (SSSR count). The van der Waals surface area contributed by atoms with Crippen LogP contribution in [0.15, 0.2) is 22.7 Å². The van der Waals surface area contributed by atoms with Crippen LogP contribution in [0.2, 0.25) is 0 Å². The van der Waals surface area contributed by atoms with Gasteiger partial charge in [0.25, 0.3) is 0 Å². The second-order valence-electron chi connectivity index (χ2n) is 4.12. The Hall–Kier alpha value is -2.63. The maximum Gasteiger partial charge on any atom is 0.248 e. The summed E-state index contributed by atoms with van der Waals surface area (Å²) in [6.07, 6.45) is 0.851. The number of carbonyl (C=O) groups excluding carboxylic acids is 3. The van der Waals surface area contributed by atoms with Crippen LogP contribution in [0.5, 0.6) is 0 Å². The van der Waals surface area contributed by atoms with E-state index in [4.69, 9.17) is 4.42 Å². The van der Waals surface area contributed by atoms with Gasteiger partial charge in [0.05, 0.1) is 17.3 Å². The van der Waals surface area contributed by atoms with Crippen molar-refractivity contribution in [3.8, 4) is 0 Å². The van der Waals surface area contributed by atoms with Gasteiger partial charge < -0.3 is 4.42 Å². The number of carbonyl (C=O) groups is 3. The number of hydrogen-bond acceptors (Lipinski definition) is 5. The molecule has 1 aliphatic rings. The number of aromatic nitrogens is 1. The van der Waals surface area contributed by atoms with Crippen LogP contribution < -0.4 is 0 Å². The molecule has 0 saturated carbocycles. The summed E-state index contributed by atoms with van der Waals surface area (Å²) in [5.74, 6) is -2.62. The molecule has 0 bridgehead atoms. The van der Waals surface area contributed by atoms with E-state index < -0.39 is 23.2 Å². The number of hydrogen-bond donors (Lipinski definition) is 0. The largest absolute Gasteiger partial charge is 0.449 e. The number of furan rings is 1. The first kappa shape index (κ1) is 11.5. The molecule has 19 heavy (non-hydrogen) atoms. The van der Waals surface area contributed by atoms with E-state index in [1.54, 1.807) is 0 Å². The Morgan fingerprint density at radius 2 is 1.95 bits per heavy atom. The van der Waals surface area contributed by atoms with E-state index in [9.17, 15) is 18.8 Å². The second kappa shape index (κ2) is 3.68. The molecule has 6 heteroatoms. The van der Waals surface area contributed by atoms with Crippen LogP contribution in [-0.4, -0.2) is 22.3 Å². The molecule has 0 saturated heterocycles. The average molecular weight is 259 g/mol. The first-order chi connectivity index (χ1) is 8.99. The Balaban J connectivity index is 2.26. The third-order valence-corrected chi connectivity index (χ3v) is 2.84. The van der Waals surface area contributed by atoms with E-state index in [0.717, 1.165) is 12.3 Å². The van der Waals surface area contributed by atoms with Gasteiger partial charge in [-0.15, -0.1) is 0 Å². The molecule has 0 aliphatic heterocycles. The minimum atomic E-state index is -0.710. The maximum atomic E-state index is 13.1. The fraction of sp³-hybridized carbons (Fsp3) is 0.0769. The van der Waals surface area contributed by atoms with Crippen molar-refractivity contribution >= 4 is 17.3 Å². The first-order valence-corrected chi connectivity index (χ1v) is 5.38. The Morgan fingerprint density at radius 1 is 1.21 bits per heavy atom. The molecule has 2 heterocycles. The summed E-state index contributed by atoms with van der Waals surface area (Å²) in [5, 5.41) is 0. The SMILES string of the molecule is CC(=O)c1cc2c(o1)C(=O)c1ncc(F)cc1C2=O. The molecule has 0 fully saturated rings. The van der Waals surface area contributed by atoms with Crippen LogP contribution in [0.1, 0.15) is 49.6 Å². The molecule has 0 spiro atoms. The van der Waals surface area contributed by atoms with Crippen LogP contribution in [-0.2, 0) is 0 Å². The first-order valence-electron chi connectivity index (χ1n) is 5.38. The highest BCUT2D eigenvalue weighted by molar-refractivity contribution is 6.27.